The summed E-state index contributed by atoms with van der Waals surface area (Å²) in [6, 6.07) is 5.92. The van der Waals surface area contributed by atoms with Crippen LogP contribution in [0.3, 0.4) is 0 Å². The zero-order valence-electron chi connectivity index (χ0n) is 14.0. The standard InChI is InChI=1S/C17H18ClN3O4S/c1-26-7-6-13(17(24)25)20-15(22)10-21-9-14(19-8-16(21)23)11-2-4-12(18)5-3-11/h2-5,8-9,13H,6-7,10H2,1H3,(H,20,22)(H,24,25)/t13-/m0/s1. The van der Waals surface area contributed by atoms with Gasteiger partial charge in [0.05, 0.1) is 11.9 Å². The number of rotatable bonds is 8. The number of thioether (sulfide) groups is 1. The molecule has 0 aliphatic heterocycles. The SMILES string of the molecule is CSCC[C@H](NC(=O)Cn1cc(-c2ccc(Cl)cc2)ncc1=O)C(=O)O. The lowest BCUT2D eigenvalue weighted by atomic mass is 10.2. The van der Waals surface area contributed by atoms with E-state index in [1.165, 1.54) is 22.5 Å². The van der Waals surface area contributed by atoms with Crippen LogP contribution in [0.15, 0.2) is 41.5 Å². The summed E-state index contributed by atoms with van der Waals surface area (Å²) in [5.41, 5.74) is 0.798. The van der Waals surface area contributed by atoms with Crippen molar-refractivity contribution in [3.8, 4) is 11.3 Å². The van der Waals surface area contributed by atoms with Crippen molar-refractivity contribution in [3.63, 3.8) is 0 Å². The van der Waals surface area contributed by atoms with Gasteiger partial charge >= 0.3 is 5.97 Å². The quantitative estimate of drug-likeness (QED) is 0.707. The summed E-state index contributed by atoms with van der Waals surface area (Å²) in [5, 5.41) is 12.2. The molecular weight excluding hydrogens is 378 g/mol. The van der Waals surface area contributed by atoms with Gasteiger partial charge in [-0.15, -0.1) is 0 Å². The summed E-state index contributed by atoms with van der Waals surface area (Å²) < 4.78 is 1.19. The van der Waals surface area contributed by atoms with E-state index in [0.717, 1.165) is 11.8 Å². The number of hydrogen-bond donors (Lipinski definition) is 2. The van der Waals surface area contributed by atoms with E-state index in [4.69, 9.17) is 11.6 Å². The Labute approximate surface area is 159 Å². The smallest absolute Gasteiger partial charge is 0.326 e. The van der Waals surface area contributed by atoms with Crippen LogP contribution in [0.1, 0.15) is 6.42 Å². The van der Waals surface area contributed by atoms with Crippen molar-refractivity contribution in [2.75, 3.05) is 12.0 Å². The molecule has 7 nitrogen and oxygen atoms in total. The van der Waals surface area contributed by atoms with E-state index in [9.17, 15) is 19.5 Å². The highest BCUT2D eigenvalue weighted by atomic mass is 35.5. The number of amides is 1. The molecule has 2 rings (SSSR count). The van der Waals surface area contributed by atoms with Crippen LogP contribution in [0, 0.1) is 0 Å². The van der Waals surface area contributed by atoms with Crippen molar-refractivity contribution in [3.05, 3.63) is 52.0 Å². The van der Waals surface area contributed by atoms with Gasteiger partial charge in [0.2, 0.25) is 5.91 Å². The minimum Gasteiger partial charge on any atom is -0.480 e. The Balaban J connectivity index is 2.14. The monoisotopic (exact) mass is 395 g/mol. The first-order valence-corrected chi connectivity index (χ1v) is 9.51. The number of carboxylic acids is 1. The summed E-state index contributed by atoms with van der Waals surface area (Å²) in [6.45, 7) is -0.287. The highest BCUT2D eigenvalue weighted by molar-refractivity contribution is 7.98. The van der Waals surface area contributed by atoms with Gasteiger partial charge in [0.1, 0.15) is 12.6 Å². The molecule has 1 aromatic carbocycles. The van der Waals surface area contributed by atoms with Crippen molar-refractivity contribution in [1.82, 2.24) is 14.9 Å². The molecule has 0 fully saturated rings. The van der Waals surface area contributed by atoms with E-state index in [1.807, 2.05) is 6.26 Å². The molecule has 0 radical (unpaired) electrons. The fourth-order valence-electron chi connectivity index (χ4n) is 2.22. The zero-order valence-corrected chi connectivity index (χ0v) is 15.6. The third kappa shape index (κ3) is 5.60. The Bertz CT molecular complexity index is 839. The third-order valence-corrected chi connectivity index (χ3v) is 4.47. The minimum atomic E-state index is -1.10. The Morgan fingerprint density at radius 1 is 1.35 bits per heavy atom. The average molecular weight is 396 g/mol. The molecule has 0 saturated heterocycles. The third-order valence-electron chi connectivity index (χ3n) is 3.57. The summed E-state index contributed by atoms with van der Waals surface area (Å²) in [4.78, 5) is 39.4. The van der Waals surface area contributed by atoms with Gasteiger partial charge in [0.15, 0.2) is 0 Å². The molecule has 1 aromatic heterocycles. The zero-order chi connectivity index (χ0) is 19.1. The van der Waals surface area contributed by atoms with Crippen LogP contribution >= 0.6 is 23.4 Å². The number of benzene rings is 1. The van der Waals surface area contributed by atoms with Crippen LogP contribution < -0.4 is 10.9 Å². The van der Waals surface area contributed by atoms with Gasteiger partial charge in [0, 0.05) is 16.8 Å². The number of carboxylic acid groups (broad SMARTS) is 1. The lowest BCUT2D eigenvalue weighted by Crippen LogP contribution is -2.43. The highest BCUT2D eigenvalue weighted by Crippen LogP contribution is 2.18. The predicted octanol–water partition coefficient (Wildman–Crippen LogP) is 1.89. The van der Waals surface area contributed by atoms with E-state index in [1.54, 1.807) is 24.3 Å². The fourth-order valence-corrected chi connectivity index (χ4v) is 2.82. The molecule has 138 valence electrons. The number of aliphatic carboxylic acids is 1. The summed E-state index contributed by atoms with van der Waals surface area (Å²) in [6.07, 6.45) is 4.75. The van der Waals surface area contributed by atoms with Crippen LogP contribution in [0.2, 0.25) is 5.02 Å². The molecule has 9 heteroatoms. The van der Waals surface area contributed by atoms with Crippen molar-refractivity contribution in [2.24, 2.45) is 0 Å². The number of carbonyl (C=O) groups is 2. The first-order chi connectivity index (χ1) is 12.4. The summed E-state index contributed by atoms with van der Waals surface area (Å²) >= 11 is 7.35. The first-order valence-electron chi connectivity index (χ1n) is 7.74. The van der Waals surface area contributed by atoms with Crippen molar-refractivity contribution in [1.29, 1.82) is 0 Å². The molecule has 0 unspecified atom stereocenters. The minimum absolute atomic E-state index is 0.287. The maximum atomic E-state index is 12.2. The number of nitrogens with one attached hydrogen (secondary N) is 1. The van der Waals surface area contributed by atoms with Gasteiger partial charge < -0.3 is 15.0 Å². The second-order valence-electron chi connectivity index (χ2n) is 5.49. The van der Waals surface area contributed by atoms with Gasteiger partial charge in [-0.1, -0.05) is 23.7 Å². The van der Waals surface area contributed by atoms with Crippen molar-refractivity contribution in [2.45, 2.75) is 19.0 Å². The molecular formula is C17H18ClN3O4S. The summed E-state index contributed by atoms with van der Waals surface area (Å²) in [7, 11) is 0. The Morgan fingerprint density at radius 3 is 2.65 bits per heavy atom. The molecule has 0 bridgehead atoms. The maximum Gasteiger partial charge on any atom is 0.326 e. The number of nitrogens with zero attached hydrogens (tertiary/aromatic N) is 2. The number of hydrogen-bond acceptors (Lipinski definition) is 5. The van der Waals surface area contributed by atoms with Crippen molar-refractivity contribution < 1.29 is 14.7 Å². The molecule has 0 aliphatic carbocycles. The van der Waals surface area contributed by atoms with Gasteiger partial charge in [0.25, 0.3) is 5.56 Å². The van der Waals surface area contributed by atoms with Gasteiger partial charge in [-0.25, -0.2) is 9.78 Å². The normalized spacial score (nSPS) is 11.8. The average Bonchev–Trinajstić information content (AvgIpc) is 2.61. The maximum absolute atomic E-state index is 12.2. The van der Waals surface area contributed by atoms with Gasteiger partial charge in [-0.05, 0) is 30.6 Å². The second-order valence-corrected chi connectivity index (χ2v) is 6.91. The summed E-state index contributed by atoms with van der Waals surface area (Å²) in [5.74, 6) is -1.04. The van der Waals surface area contributed by atoms with E-state index in [-0.39, 0.29) is 6.54 Å². The van der Waals surface area contributed by atoms with E-state index in [0.29, 0.717) is 22.9 Å². The first kappa shape index (κ1) is 20.0. The lowest BCUT2D eigenvalue weighted by molar-refractivity contribution is -0.141. The van der Waals surface area contributed by atoms with Gasteiger partial charge in [-0.3, -0.25) is 9.59 Å². The van der Waals surface area contributed by atoms with Crippen LogP contribution in [0.4, 0.5) is 0 Å². The van der Waals surface area contributed by atoms with Crippen molar-refractivity contribution >= 4 is 35.2 Å². The molecule has 0 saturated carbocycles. The lowest BCUT2D eigenvalue weighted by Gasteiger charge is -2.14. The Kier molecular flexibility index (Phi) is 7.23. The van der Waals surface area contributed by atoms with Crippen LogP contribution in [0.25, 0.3) is 11.3 Å². The molecule has 0 aliphatic rings. The number of aromatic nitrogens is 2. The van der Waals surface area contributed by atoms with Crippen LogP contribution in [-0.2, 0) is 16.1 Å². The predicted molar refractivity (Wildman–Crippen MR) is 102 cm³/mol. The molecule has 1 heterocycles. The molecule has 1 atom stereocenters. The van der Waals surface area contributed by atoms with E-state index >= 15 is 0 Å². The highest BCUT2D eigenvalue weighted by Gasteiger charge is 2.19. The van der Waals surface area contributed by atoms with Crippen LogP contribution in [-0.4, -0.2) is 44.6 Å². The second kappa shape index (κ2) is 9.40. The Hall–Kier alpha value is -2.32. The number of carbonyl (C=O) groups excluding carboxylic acids is 1. The fraction of sp³-hybridized carbons (Fsp3) is 0.294. The molecule has 2 aromatic rings. The van der Waals surface area contributed by atoms with E-state index in [2.05, 4.69) is 10.3 Å². The molecule has 2 N–H and O–H groups in total. The molecule has 1 amide bonds. The number of halogens is 1. The topological polar surface area (TPSA) is 101 Å². The van der Waals surface area contributed by atoms with Gasteiger partial charge in [-0.2, -0.15) is 11.8 Å². The molecule has 26 heavy (non-hydrogen) atoms. The van der Waals surface area contributed by atoms with Crippen LogP contribution in [0.5, 0.6) is 0 Å². The molecule has 0 spiro atoms. The Morgan fingerprint density at radius 2 is 2.04 bits per heavy atom. The largest absolute Gasteiger partial charge is 0.480 e. The van der Waals surface area contributed by atoms with E-state index < -0.39 is 23.5 Å².